The molecule has 3 aromatic carbocycles. The number of ketones is 1. The molecule has 0 aliphatic carbocycles. The first kappa shape index (κ1) is 20.1. The van der Waals surface area contributed by atoms with Crippen LogP contribution in [0.1, 0.15) is 27.0 Å². The first-order valence-electron chi connectivity index (χ1n) is 9.63. The van der Waals surface area contributed by atoms with Gasteiger partial charge in [-0.05, 0) is 53.6 Å². The van der Waals surface area contributed by atoms with Crippen LogP contribution in [0, 0.1) is 5.82 Å². The summed E-state index contributed by atoms with van der Waals surface area (Å²) >= 11 is 12.3. The van der Waals surface area contributed by atoms with Crippen LogP contribution >= 0.6 is 23.2 Å². The molecule has 2 heterocycles. The summed E-state index contributed by atoms with van der Waals surface area (Å²) < 4.78 is 25.3. The van der Waals surface area contributed by atoms with Gasteiger partial charge in [-0.2, -0.15) is 0 Å². The molecular formula is C24H16Cl2FNO3. The molecule has 0 spiro atoms. The van der Waals surface area contributed by atoms with Crippen molar-refractivity contribution < 1.29 is 18.7 Å². The SMILES string of the molecule is O=C1/C(=C/c2cccc(F)c2)Oc2c1ccc1c2CN(Cc2ccc(Cl)cc2Cl)CO1. The zero-order chi connectivity index (χ0) is 21.5. The van der Waals surface area contributed by atoms with Gasteiger partial charge in [0.1, 0.15) is 24.0 Å². The molecular weight excluding hydrogens is 440 g/mol. The summed E-state index contributed by atoms with van der Waals surface area (Å²) in [7, 11) is 0. The smallest absolute Gasteiger partial charge is 0.231 e. The van der Waals surface area contributed by atoms with Crippen molar-refractivity contribution in [2.45, 2.75) is 13.1 Å². The molecule has 2 aliphatic rings. The summed E-state index contributed by atoms with van der Waals surface area (Å²) in [6.07, 6.45) is 1.55. The summed E-state index contributed by atoms with van der Waals surface area (Å²) in [5.41, 5.74) is 2.75. The number of ether oxygens (including phenoxy) is 2. The highest BCUT2D eigenvalue weighted by atomic mass is 35.5. The third-order valence-electron chi connectivity index (χ3n) is 5.24. The number of rotatable bonds is 3. The Kier molecular flexibility index (Phi) is 5.18. The third-order valence-corrected chi connectivity index (χ3v) is 5.82. The number of hydrogen-bond donors (Lipinski definition) is 0. The number of hydrogen-bond acceptors (Lipinski definition) is 4. The van der Waals surface area contributed by atoms with E-state index in [9.17, 15) is 9.18 Å². The standard InChI is InChI=1S/C24H16Cl2FNO3/c25-16-5-4-15(20(26)10-16)11-28-12-19-21(30-13-28)7-6-18-23(29)22(31-24(18)19)9-14-2-1-3-17(27)8-14/h1-10H,11-13H2/b22-9-. The molecule has 0 saturated carbocycles. The molecule has 0 unspecified atom stereocenters. The predicted octanol–water partition coefficient (Wildman–Crippen LogP) is 6.10. The molecule has 156 valence electrons. The zero-order valence-corrected chi connectivity index (χ0v) is 17.7. The van der Waals surface area contributed by atoms with Crippen LogP contribution in [-0.2, 0) is 13.1 Å². The van der Waals surface area contributed by atoms with Gasteiger partial charge in [-0.25, -0.2) is 4.39 Å². The Morgan fingerprint density at radius 3 is 2.77 bits per heavy atom. The van der Waals surface area contributed by atoms with Crippen LogP contribution in [0.15, 0.2) is 60.4 Å². The number of carbonyl (C=O) groups is 1. The van der Waals surface area contributed by atoms with Gasteiger partial charge in [0.25, 0.3) is 0 Å². The normalized spacial score (nSPS) is 16.6. The van der Waals surface area contributed by atoms with Crippen molar-refractivity contribution in [3.8, 4) is 11.5 Å². The summed E-state index contributed by atoms with van der Waals surface area (Å²) in [6.45, 7) is 1.46. The average molecular weight is 456 g/mol. The molecule has 0 radical (unpaired) electrons. The van der Waals surface area contributed by atoms with E-state index in [1.165, 1.54) is 12.1 Å². The van der Waals surface area contributed by atoms with Crippen molar-refractivity contribution in [3.63, 3.8) is 0 Å². The third kappa shape index (κ3) is 3.92. The minimum atomic E-state index is -0.375. The molecule has 2 aliphatic heterocycles. The molecule has 0 saturated heterocycles. The quantitative estimate of drug-likeness (QED) is 0.447. The fraction of sp³-hybridized carbons (Fsp3) is 0.125. The van der Waals surface area contributed by atoms with Gasteiger partial charge in [0.15, 0.2) is 5.76 Å². The Morgan fingerprint density at radius 1 is 1.10 bits per heavy atom. The molecule has 0 atom stereocenters. The van der Waals surface area contributed by atoms with Crippen LogP contribution in [-0.4, -0.2) is 17.4 Å². The van der Waals surface area contributed by atoms with E-state index < -0.39 is 0 Å². The largest absolute Gasteiger partial charge is 0.478 e. The number of Topliss-reactive ketones (excluding diaryl/α,β-unsaturated/α-hetero) is 1. The second-order valence-corrected chi connectivity index (χ2v) is 8.25. The van der Waals surface area contributed by atoms with Crippen molar-refractivity contribution in [2.75, 3.05) is 6.73 Å². The highest BCUT2D eigenvalue weighted by Crippen LogP contribution is 2.42. The van der Waals surface area contributed by atoms with Crippen molar-refractivity contribution in [1.29, 1.82) is 0 Å². The van der Waals surface area contributed by atoms with Gasteiger partial charge in [0.05, 0.1) is 11.1 Å². The van der Waals surface area contributed by atoms with Crippen LogP contribution in [0.5, 0.6) is 11.5 Å². The first-order valence-corrected chi connectivity index (χ1v) is 10.4. The maximum Gasteiger partial charge on any atom is 0.231 e. The average Bonchev–Trinajstić information content (AvgIpc) is 3.06. The summed E-state index contributed by atoms with van der Waals surface area (Å²) in [4.78, 5) is 14.9. The van der Waals surface area contributed by atoms with E-state index in [4.69, 9.17) is 32.7 Å². The van der Waals surface area contributed by atoms with Crippen molar-refractivity contribution in [2.24, 2.45) is 0 Å². The molecule has 0 N–H and O–H groups in total. The number of benzene rings is 3. The minimum Gasteiger partial charge on any atom is -0.478 e. The van der Waals surface area contributed by atoms with Gasteiger partial charge in [-0.1, -0.05) is 41.4 Å². The predicted molar refractivity (Wildman–Crippen MR) is 117 cm³/mol. The molecule has 0 fully saturated rings. The molecule has 0 bridgehead atoms. The van der Waals surface area contributed by atoms with Gasteiger partial charge < -0.3 is 9.47 Å². The molecule has 3 aromatic rings. The highest BCUT2D eigenvalue weighted by molar-refractivity contribution is 6.35. The maximum atomic E-state index is 13.5. The van der Waals surface area contributed by atoms with Gasteiger partial charge in [-0.3, -0.25) is 9.69 Å². The van der Waals surface area contributed by atoms with E-state index in [-0.39, 0.29) is 17.4 Å². The van der Waals surface area contributed by atoms with E-state index in [2.05, 4.69) is 4.90 Å². The number of fused-ring (bicyclic) bond motifs is 3. The lowest BCUT2D eigenvalue weighted by atomic mass is 10.0. The summed E-state index contributed by atoms with van der Waals surface area (Å²) in [5.74, 6) is 0.709. The molecule has 7 heteroatoms. The van der Waals surface area contributed by atoms with E-state index in [1.54, 1.807) is 42.5 Å². The Hall–Kier alpha value is -2.86. The van der Waals surface area contributed by atoms with E-state index in [0.717, 1.165) is 11.1 Å². The van der Waals surface area contributed by atoms with Crippen molar-refractivity contribution in [3.05, 3.63) is 98.5 Å². The zero-order valence-electron chi connectivity index (χ0n) is 16.2. The van der Waals surface area contributed by atoms with Crippen LogP contribution in [0.4, 0.5) is 4.39 Å². The van der Waals surface area contributed by atoms with E-state index in [0.29, 0.717) is 52.5 Å². The monoisotopic (exact) mass is 455 g/mol. The first-order chi connectivity index (χ1) is 15.0. The Balaban J connectivity index is 1.43. The Labute approximate surface area is 188 Å². The molecule has 5 rings (SSSR count). The van der Waals surface area contributed by atoms with Crippen LogP contribution in [0.2, 0.25) is 10.0 Å². The molecule has 4 nitrogen and oxygen atoms in total. The number of halogens is 3. The summed E-state index contributed by atoms with van der Waals surface area (Å²) in [6, 6.07) is 14.9. The van der Waals surface area contributed by atoms with E-state index >= 15 is 0 Å². The van der Waals surface area contributed by atoms with Crippen molar-refractivity contribution >= 4 is 35.1 Å². The number of nitrogens with zero attached hydrogens (tertiary/aromatic N) is 1. The number of carbonyl (C=O) groups excluding carboxylic acids is 1. The number of allylic oxidation sites excluding steroid dienone is 1. The lowest BCUT2D eigenvalue weighted by Gasteiger charge is -2.30. The molecule has 31 heavy (non-hydrogen) atoms. The molecule has 0 aromatic heterocycles. The Morgan fingerprint density at radius 2 is 1.97 bits per heavy atom. The summed E-state index contributed by atoms with van der Waals surface area (Å²) in [5, 5.41) is 1.17. The van der Waals surface area contributed by atoms with Gasteiger partial charge in [0, 0.05) is 23.1 Å². The second-order valence-electron chi connectivity index (χ2n) is 7.41. The fourth-order valence-corrected chi connectivity index (χ4v) is 4.21. The fourth-order valence-electron chi connectivity index (χ4n) is 3.74. The lowest BCUT2D eigenvalue weighted by molar-refractivity contribution is 0.0873. The second kappa shape index (κ2) is 8.00. The van der Waals surface area contributed by atoms with Crippen LogP contribution < -0.4 is 9.47 Å². The van der Waals surface area contributed by atoms with Gasteiger partial charge >= 0.3 is 0 Å². The van der Waals surface area contributed by atoms with Gasteiger partial charge in [0.2, 0.25) is 5.78 Å². The van der Waals surface area contributed by atoms with Crippen LogP contribution in [0.25, 0.3) is 6.08 Å². The maximum absolute atomic E-state index is 13.5. The van der Waals surface area contributed by atoms with Gasteiger partial charge in [-0.15, -0.1) is 0 Å². The molecule has 0 amide bonds. The lowest BCUT2D eigenvalue weighted by Crippen LogP contribution is -2.31. The minimum absolute atomic E-state index is 0.159. The Bertz CT molecular complexity index is 1240. The highest BCUT2D eigenvalue weighted by Gasteiger charge is 2.33. The van der Waals surface area contributed by atoms with E-state index in [1.807, 2.05) is 6.07 Å². The van der Waals surface area contributed by atoms with Crippen molar-refractivity contribution in [1.82, 2.24) is 4.90 Å². The topological polar surface area (TPSA) is 38.8 Å². The van der Waals surface area contributed by atoms with Crippen LogP contribution in [0.3, 0.4) is 0 Å².